The quantitative estimate of drug-likeness (QED) is 0.795. The average Bonchev–Trinajstić information content (AvgIpc) is 2.37. The highest BCUT2D eigenvalue weighted by atomic mass is 16.5. The summed E-state index contributed by atoms with van der Waals surface area (Å²) in [6.45, 7) is 7.57. The van der Waals surface area contributed by atoms with Crippen LogP contribution >= 0.6 is 0 Å². The van der Waals surface area contributed by atoms with Crippen LogP contribution in [0.5, 0.6) is 5.75 Å². The summed E-state index contributed by atoms with van der Waals surface area (Å²) in [5.74, 6) is 7.39. The van der Waals surface area contributed by atoms with Crippen LogP contribution < -0.4 is 10.5 Å². The summed E-state index contributed by atoms with van der Waals surface area (Å²) in [6, 6.07) is 7.80. The molecule has 1 aromatic rings. The highest BCUT2D eigenvalue weighted by Gasteiger charge is 2.01. The Morgan fingerprint density at radius 1 is 1.26 bits per heavy atom. The Bertz CT molecular complexity index is 415. The van der Waals surface area contributed by atoms with E-state index in [9.17, 15) is 0 Å². The fraction of sp³-hybridized carbons (Fsp3) is 0.500. The number of hydrogen-bond acceptors (Lipinski definition) is 3. The van der Waals surface area contributed by atoms with Gasteiger partial charge in [-0.15, -0.1) is 0 Å². The van der Waals surface area contributed by atoms with Crippen LogP contribution in [0.2, 0.25) is 0 Å². The molecule has 0 aliphatic carbocycles. The molecule has 1 aromatic carbocycles. The van der Waals surface area contributed by atoms with Crippen molar-refractivity contribution in [1.29, 1.82) is 0 Å². The van der Waals surface area contributed by atoms with Gasteiger partial charge in [-0.05, 0) is 37.2 Å². The zero-order valence-corrected chi connectivity index (χ0v) is 12.1. The van der Waals surface area contributed by atoms with Gasteiger partial charge in [0.1, 0.15) is 12.4 Å². The summed E-state index contributed by atoms with van der Waals surface area (Å²) < 4.78 is 5.70. The fourth-order valence-electron chi connectivity index (χ4n) is 1.82. The summed E-state index contributed by atoms with van der Waals surface area (Å²) in [6.07, 6.45) is 0. The maximum atomic E-state index is 5.70. The Labute approximate surface area is 116 Å². The topological polar surface area (TPSA) is 38.5 Å². The SMILES string of the molecule is CC(C)CN(C)CCOc1ccc(C#CCN)cc1. The minimum absolute atomic E-state index is 0.389. The van der Waals surface area contributed by atoms with Gasteiger partial charge in [0.15, 0.2) is 0 Å². The van der Waals surface area contributed by atoms with Crippen molar-refractivity contribution < 1.29 is 4.74 Å². The third-order valence-electron chi connectivity index (χ3n) is 2.61. The Morgan fingerprint density at radius 3 is 2.53 bits per heavy atom. The van der Waals surface area contributed by atoms with Crippen molar-refractivity contribution in [2.75, 3.05) is 33.3 Å². The minimum Gasteiger partial charge on any atom is -0.492 e. The van der Waals surface area contributed by atoms with E-state index in [1.165, 1.54) is 0 Å². The first kappa shape index (κ1) is 15.6. The summed E-state index contributed by atoms with van der Waals surface area (Å²) in [4.78, 5) is 2.28. The third-order valence-corrected chi connectivity index (χ3v) is 2.61. The molecule has 3 nitrogen and oxygen atoms in total. The maximum Gasteiger partial charge on any atom is 0.119 e. The molecular formula is C16H24N2O. The second-order valence-corrected chi connectivity index (χ2v) is 5.03. The molecule has 0 fully saturated rings. The predicted octanol–water partition coefficient (Wildman–Crippen LogP) is 1.96. The number of likely N-dealkylation sites (N-methyl/N-ethyl adjacent to an activating group) is 1. The van der Waals surface area contributed by atoms with Crippen molar-refractivity contribution in [1.82, 2.24) is 4.90 Å². The number of benzene rings is 1. The van der Waals surface area contributed by atoms with Crippen LogP contribution in [0, 0.1) is 17.8 Å². The Kier molecular flexibility index (Phi) is 7.02. The highest BCUT2D eigenvalue weighted by molar-refractivity contribution is 5.38. The van der Waals surface area contributed by atoms with Gasteiger partial charge in [0.05, 0.1) is 6.54 Å². The lowest BCUT2D eigenvalue weighted by atomic mass is 10.2. The van der Waals surface area contributed by atoms with Crippen LogP contribution in [-0.2, 0) is 0 Å². The largest absolute Gasteiger partial charge is 0.492 e. The lowest BCUT2D eigenvalue weighted by molar-refractivity contribution is 0.223. The zero-order valence-electron chi connectivity index (χ0n) is 12.1. The molecule has 0 spiro atoms. The highest BCUT2D eigenvalue weighted by Crippen LogP contribution is 2.11. The van der Waals surface area contributed by atoms with E-state index in [1.54, 1.807) is 0 Å². The Morgan fingerprint density at radius 2 is 1.95 bits per heavy atom. The first-order valence-electron chi connectivity index (χ1n) is 6.72. The molecule has 104 valence electrons. The second-order valence-electron chi connectivity index (χ2n) is 5.03. The number of nitrogens with two attached hydrogens (primary N) is 1. The fourth-order valence-corrected chi connectivity index (χ4v) is 1.82. The van der Waals surface area contributed by atoms with Gasteiger partial charge in [-0.2, -0.15) is 0 Å². The van der Waals surface area contributed by atoms with Gasteiger partial charge < -0.3 is 15.4 Å². The third kappa shape index (κ3) is 6.85. The van der Waals surface area contributed by atoms with E-state index in [0.717, 1.165) is 24.4 Å². The molecule has 0 saturated carbocycles. The maximum absolute atomic E-state index is 5.70. The van der Waals surface area contributed by atoms with Gasteiger partial charge >= 0.3 is 0 Å². The molecule has 0 saturated heterocycles. The van der Waals surface area contributed by atoms with Gasteiger partial charge in [-0.25, -0.2) is 0 Å². The van der Waals surface area contributed by atoms with Gasteiger partial charge in [0.2, 0.25) is 0 Å². The van der Waals surface area contributed by atoms with Crippen LogP contribution in [0.1, 0.15) is 19.4 Å². The molecule has 0 heterocycles. The molecular weight excluding hydrogens is 236 g/mol. The summed E-state index contributed by atoms with van der Waals surface area (Å²) in [5, 5.41) is 0. The lowest BCUT2D eigenvalue weighted by Gasteiger charge is -2.18. The normalized spacial score (nSPS) is 10.4. The molecule has 0 amide bonds. The van der Waals surface area contributed by atoms with Crippen LogP contribution in [-0.4, -0.2) is 38.2 Å². The number of nitrogens with zero attached hydrogens (tertiary/aromatic N) is 1. The van der Waals surface area contributed by atoms with Gasteiger partial charge in [0, 0.05) is 18.7 Å². The van der Waals surface area contributed by atoms with Crippen molar-refractivity contribution in [2.24, 2.45) is 11.7 Å². The first-order valence-corrected chi connectivity index (χ1v) is 6.72. The van der Waals surface area contributed by atoms with E-state index in [2.05, 4.69) is 37.6 Å². The van der Waals surface area contributed by atoms with Crippen molar-refractivity contribution in [3.63, 3.8) is 0 Å². The first-order chi connectivity index (χ1) is 9.11. The van der Waals surface area contributed by atoms with Crippen molar-refractivity contribution in [3.8, 4) is 17.6 Å². The molecule has 0 aliphatic heterocycles. The van der Waals surface area contributed by atoms with E-state index >= 15 is 0 Å². The van der Waals surface area contributed by atoms with Crippen LogP contribution in [0.25, 0.3) is 0 Å². The van der Waals surface area contributed by atoms with Crippen molar-refractivity contribution in [3.05, 3.63) is 29.8 Å². The number of ether oxygens (including phenoxy) is 1. The van der Waals surface area contributed by atoms with Crippen molar-refractivity contribution in [2.45, 2.75) is 13.8 Å². The molecule has 0 bridgehead atoms. The van der Waals surface area contributed by atoms with Gasteiger partial charge in [-0.1, -0.05) is 25.7 Å². The van der Waals surface area contributed by atoms with Crippen LogP contribution in [0.4, 0.5) is 0 Å². The van der Waals surface area contributed by atoms with Gasteiger partial charge in [-0.3, -0.25) is 0 Å². The number of rotatable bonds is 6. The molecule has 19 heavy (non-hydrogen) atoms. The van der Waals surface area contributed by atoms with E-state index in [0.29, 0.717) is 19.1 Å². The lowest BCUT2D eigenvalue weighted by Crippen LogP contribution is -2.27. The van der Waals surface area contributed by atoms with E-state index in [4.69, 9.17) is 10.5 Å². The zero-order chi connectivity index (χ0) is 14.1. The molecule has 0 radical (unpaired) electrons. The Balaban J connectivity index is 2.34. The Hall–Kier alpha value is -1.50. The minimum atomic E-state index is 0.389. The van der Waals surface area contributed by atoms with E-state index in [1.807, 2.05) is 24.3 Å². The van der Waals surface area contributed by atoms with E-state index < -0.39 is 0 Å². The van der Waals surface area contributed by atoms with Gasteiger partial charge in [0.25, 0.3) is 0 Å². The second kappa shape index (κ2) is 8.58. The van der Waals surface area contributed by atoms with Crippen LogP contribution in [0.3, 0.4) is 0 Å². The summed E-state index contributed by atoms with van der Waals surface area (Å²) >= 11 is 0. The molecule has 0 atom stereocenters. The molecule has 0 aliphatic rings. The molecule has 3 heteroatoms. The molecule has 0 unspecified atom stereocenters. The predicted molar refractivity (Wildman–Crippen MR) is 80.2 cm³/mol. The summed E-state index contributed by atoms with van der Waals surface area (Å²) in [7, 11) is 2.12. The average molecular weight is 260 g/mol. The molecule has 0 aromatic heterocycles. The number of hydrogen-bond donors (Lipinski definition) is 1. The van der Waals surface area contributed by atoms with Crippen molar-refractivity contribution >= 4 is 0 Å². The summed E-state index contributed by atoms with van der Waals surface area (Å²) in [5.41, 5.74) is 6.30. The smallest absolute Gasteiger partial charge is 0.119 e. The van der Waals surface area contributed by atoms with Crippen LogP contribution in [0.15, 0.2) is 24.3 Å². The molecule has 1 rings (SSSR count). The molecule has 2 N–H and O–H groups in total. The standard InChI is InChI=1S/C16H24N2O/c1-14(2)13-18(3)11-12-19-16-8-6-15(7-9-16)5-4-10-17/h6-9,14H,10-13,17H2,1-3H3. The van der Waals surface area contributed by atoms with E-state index in [-0.39, 0.29) is 0 Å². The monoisotopic (exact) mass is 260 g/mol.